The number of nitrogens with one attached hydrogen (secondary N) is 1. The van der Waals surface area contributed by atoms with E-state index in [-0.39, 0.29) is 11.8 Å². The van der Waals surface area contributed by atoms with E-state index >= 15 is 0 Å². The van der Waals surface area contributed by atoms with Crippen molar-refractivity contribution < 1.29 is 18.7 Å². The van der Waals surface area contributed by atoms with Crippen molar-refractivity contribution in [2.24, 2.45) is 0 Å². The summed E-state index contributed by atoms with van der Waals surface area (Å²) in [6.45, 7) is 2.29. The molecule has 8 heteroatoms. The van der Waals surface area contributed by atoms with E-state index < -0.39 is 0 Å². The summed E-state index contributed by atoms with van der Waals surface area (Å²) >= 11 is 6.09. The molecule has 27 heavy (non-hydrogen) atoms. The van der Waals surface area contributed by atoms with Gasteiger partial charge >= 0.3 is 6.03 Å². The van der Waals surface area contributed by atoms with Gasteiger partial charge in [-0.05, 0) is 18.2 Å². The molecular weight excluding hydrogens is 373 g/mol. The van der Waals surface area contributed by atoms with Crippen LogP contribution in [-0.2, 0) is 0 Å². The van der Waals surface area contributed by atoms with Crippen LogP contribution < -0.4 is 19.7 Å². The first kappa shape index (κ1) is 19.1. The standard InChI is InChI=1S/C19H21ClFN3O3/c1-26-17-12-16(18(27-2)11-15(17)20)22-19(25)24-8-6-23(7-9-24)14-5-3-4-13(21)10-14/h3-5,10-12H,6-9H2,1-2H3,(H,22,25). The Bertz CT molecular complexity index is 826. The van der Waals surface area contributed by atoms with Crippen molar-refractivity contribution in [2.75, 3.05) is 50.6 Å². The van der Waals surface area contributed by atoms with E-state index in [1.807, 2.05) is 6.07 Å². The number of nitrogens with zero attached hydrogens (tertiary/aromatic N) is 2. The largest absolute Gasteiger partial charge is 0.495 e. The number of carbonyl (C=O) groups excluding carboxylic acids is 1. The van der Waals surface area contributed by atoms with Crippen LogP contribution in [0.15, 0.2) is 36.4 Å². The quantitative estimate of drug-likeness (QED) is 0.857. The molecule has 0 unspecified atom stereocenters. The van der Waals surface area contributed by atoms with Gasteiger partial charge in [0, 0.05) is 44.0 Å². The maximum Gasteiger partial charge on any atom is 0.322 e. The topological polar surface area (TPSA) is 54.0 Å². The highest BCUT2D eigenvalue weighted by Crippen LogP contribution is 2.36. The summed E-state index contributed by atoms with van der Waals surface area (Å²) in [4.78, 5) is 16.4. The van der Waals surface area contributed by atoms with Gasteiger partial charge in [-0.1, -0.05) is 17.7 Å². The lowest BCUT2D eigenvalue weighted by Gasteiger charge is -2.36. The second-order valence-corrected chi connectivity index (χ2v) is 6.48. The number of urea groups is 1. The van der Waals surface area contributed by atoms with E-state index in [1.165, 1.54) is 26.4 Å². The maximum atomic E-state index is 13.4. The fraction of sp³-hybridized carbons (Fsp3) is 0.316. The van der Waals surface area contributed by atoms with Gasteiger partial charge in [0.25, 0.3) is 0 Å². The van der Waals surface area contributed by atoms with Gasteiger partial charge in [0.1, 0.15) is 17.3 Å². The summed E-state index contributed by atoms with van der Waals surface area (Å²) in [5.74, 6) is 0.632. The van der Waals surface area contributed by atoms with Crippen molar-refractivity contribution in [2.45, 2.75) is 0 Å². The average molecular weight is 394 g/mol. The third-order valence-electron chi connectivity index (χ3n) is 4.46. The van der Waals surface area contributed by atoms with Gasteiger partial charge in [0.05, 0.1) is 24.9 Å². The van der Waals surface area contributed by atoms with Crippen LogP contribution in [0.4, 0.5) is 20.6 Å². The molecule has 0 bridgehead atoms. The van der Waals surface area contributed by atoms with Gasteiger partial charge in [0.2, 0.25) is 0 Å². The van der Waals surface area contributed by atoms with Gasteiger partial charge in [-0.25, -0.2) is 9.18 Å². The smallest absolute Gasteiger partial charge is 0.322 e. The normalized spacial score (nSPS) is 14.1. The second kappa shape index (κ2) is 8.35. The molecule has 1 N–H and O–H groups in total. The van der Waals surface area contributed by atoms with E-state index in [1.54, 1.807) is 23.1 Å². The molecule has 2 aromatic carbocycles. The number of hydrogen-bond acceptors (Lipinski definition) is 4. The Morgan fingerprint density at radius 3 is 2.41 bits per heavy atom. The molecule has 6 nitrogen and oxygen atoms in total. The first-order chi connectivity index (χ1) is 13.0. The Balaban J connectivity index is 1.65. The highest BCUT2D eigenvalue weighted by Gasteiger charge is 2.23. The maximum absolute atomic E-state index is 13.4. The SMILES string of the molecule is COc1cc(NC(=O)N2CCN(c3cccc(F)c3)CC2)c(OC)cc1Cl. The molecule has 3 rings (SSSR count). The summed E-state index contributed by atoms with van der Waals surface area (Å²) in [6, 6.07) is 9.45. The molecule has 1 aliphatic rings. The number of anilines is 2. The summed E-state index contributed by atoms with van der Waals surface area (Å²) in [7, 11) is 3.01. The van der Waals surface area contributed by atoms with E-state index in [2.05, 4.69) is 10.2 Å². The number of ether oxygens (including phenoxy) is 2. The molecule has 0 atom stereocenters. The first-order valence-electron chi connectivity index (χ1n) is 8.50. The highest BCUT2D eigenvalue weighted by atomic mass is 35.5. The Morgan fingerprint density at radius 2 is 1.78 bits per heavy atom. The lowest BCUT2D eigenvalue weighted by Crippen LogP contribution is -2.50. The molecule has 1 fully saturated rings. The van der Waals surface area contributed by atoms with Crippen LogP contribution in [0.25, 0.3) is 0 Å². The zero-order chi connectivity index (χ0) is 19.4. The number of carbonyl (C=O) groups is 1. The molecule has 0 radical (unpaired) electrons. The second-order valence-electron chi connectivity index (χ2n) is 6.07. The minimum Gasteiger partial charge on any atom is -0.495 e. The third-order valence-corrected chi connectivity index (χ3v) is 4.75. The van der Waals surface area contributed by atoms with Gasteiger partial charge in [0.15, 0.2) is 0 Å². The van der Waals surface area contributed by atoms with E-state index in [0.717, 1.165) is 5.69 Å². The molecule has 0 saturated carbocycles. The van der Waals surface area contributed by atoms with Crippen molar-refractivity contribution in [1.82, 2.24) is 4.90 Å². The number of hydrogen-bond donors (Lipinski definition) is 1. The number of amides is 2. The molecule has 0 spiro atoms. The molecule has 0 aliphatic carbocycles. The Kier molecular flexibility index (Phi) is 5.91. The zero-order valence-electron chi connectivity index (χ0n) is 15.2. The van der Waals surface area contributed by atoms with Crippen molar-refractivity contribution in [3.63, 3.8) is 0 Å². The van der Waals surface area contributed by atoms with Crippen molar-refractivity contribution >= 4 is 29.0 Å². The number of rotatable bonds is 4. The molecule has 1 heterocycles. The minimum atomic E-state index is -0.267. The van der Waals surface area contributed by atoms with Crippen LogP contribution in [0.5, 0.6) is 11.5 Å². The average Bonchev–Trinajstić information content (AvgIpc) is 2.69. The Hall–Kier alpha value is -2.67. The van der Waals surface area contributed by atoms with Gasteiger partial charge in [-0.3, -0.25) is 0 Å². The summed E-state index contributed by atoms with van der Waals surface area (Å²) < 4.78 is 23.9. The van der Waals surface area contributed by atoms with Crippen LogP contribution in [-0.4, -0.2) is 51.3 Å². The van der Waals surface area contributed by atoms with Gasteiger partial charge < -0.3 is 24.6 Å². The number of piperazine rings is 1. The first-order valence-corrected chi connectivity index (χ1v) is 8.87. The summed E-state index contributed by atoms with van der Waals surface area (Å²) in [5.41, 5.74) is 1.30. The minimum absolute atomic E-state index is 0.239. The van der Waals surface area contributed by atoms with Crippen LogP contribution in [0, 0.1) is 5.82 Å². The van der Waals surface area contributed by atoms with Crippen LogP contribution in [0.3, 0.4) is 0 Å². The fourth-order valence-corrected chi connectivity index (χ4v) is 3.22. The molecular formula is C19H21ClFN3O3. The fourth-order valence-electron chi connectivity index (χ4n) is 2.99. The number of methoxy groups -OCH3 is 2. The predicted molar refractivity (Wildman–Crippen MR) is 104 cm³/mol. The lowest BCUT2D eigenvalue weighted by molar-refractivity contribution is 0.208. The van der Waals surface area contributed by atoms with Gasteiger partial charge in [-0.2, -0.15) is 0 Å². The van der Waals surface area contributed by atoms with Gasteiger partial charge in [-0.15, -0.1) is 0 Å². The molecule has 1 aliphatic heterocycles. The molecule has 1 saturated heterocycles. The molecule has 144 valence electrons. The van der Waals surface area contributed by atoms with Crippen molar-refractivity contribution in [3.05, 3.63) is 47.2 Å². The van der Waals surface area contributed by atoms with Crippen molar-refractivity contribution in [1.29, 1.82) is 0 Å². The zero-order valence-corrected chi connectivity index (χ0v) is 15.9. The van der Waals surface area contributed by atoms with E-state index in [4.69, 9.17) is 21.1 Å². The third kappa shape index (κ3) is 4.36. The molecule has 0 aromatic heterocycles. The highest BCUT2D eigenvalue weighted by molar-refractivity contribution is 6.32. The number of halogens is 2. The van der Waals surface area contributed by atoms with Crippen LogP contribution in [0.1, 0.15) is 0 Å². The molecule has 2 aromatic rings. The molecule has 2 amide bonds. The lowest BCUT2D eigenvalue weighted by atomic mass is 10.2. The van der Waals surface area contributed by atoms with E-state index in [0.29, 0.717) is 48.4 Å². The monoisotopic (exact) mass is 393 g/mol. The summed E-state index contributed by atoms with van der Waals surface area (Å²) in [6.07, 6.45) is 0. The van der Waals surface area contributed by atoms with Crippen molar-refractivity contribution in [3.8, 4) is 11.5 Å². The van der Waals surface area contributed by atoms with E-state index in [9.17, 15) is 9.18 Å². The summed E-state index contributed by atoms with van der Waals surface area (Å²) in [5, 5.41) is 3.24. The van der Waals surface area contributed by atoms with Crippen LogP contribution >= 0.6 is 11.6 Å². The number of benzene rings is 2. The Labute approximate surface area is 162 Å². The Morgan fingerprint density at radius 1 is 1.07 bits per heavy atom. The predicted octanol–water partition coefficient (Wildman–Crippen LogP) is 3.85. The van der Waals surface area contributed by atoms with Crippen LogP contribution in [0.2, 0.25) is 5.02 Å².